The summed E-state index contributed by atoms with van der Waals surface area (Å²) in [5, 5.41) is 2.84. The molecule has 0 aliphatic heterocycles. The molecule has 1 rings (SSSR count). The van der Waals surface area contributed by atoms with Crippen LogP contribution in [0.4, 0.5) is 0 Å². The summed E-state index contributed by atoms with van der Waals surface area (Å²) in [4.78, 5) is 32.6. The number of carbonyl (C=O) groups excluding carboxylic acids is 2. The fourth-order valence-corrected chi connectivity index (χ4v) is 2.20. The molecule has 1 aromatic rings. The van der Waals surface area contributed by atoms with Crippen molar-refractivity contribution in [1.82, 2.24) is 20.1 Å². The average Bonchev–Trinajstić information content (AvgIpc) is 2.53. The first-order valence-electron chi connectivity index (χ1n) is 8.17. The van der Waals surface area contributed by atoms with Gasteiger partial charge in [0.05, 0.1) is 0 Å². The molecule has 0 aromatic carbocycles. The number of rotatable bonds is 9. The van der Waals surface area contributed by atoms with Crippen molar-refractivity contribution < 1.29 is 9.59 Å². The molecule has 0 fully saturated rings. The summed E-state index contributed by atoms with van der Waals surface area (Å²) in [5.41, 5.74) is 0.794. The van der Waals surface area contributed by atoms with Gasteiger partial charge in [0, 0.05) is 37.9 Å². The summed E-state index contributed by atoms with van der Waals surface area (Å²) in [6.07, 6.45) is 3.32. The monoisotopic (exact) mass is 320 g/mol. The van der Waals surface area contributed by atoms with Crippen LogP contribution >= 0.6 is 0 Å². The zero-order valence-corrected chi connectivity index (χ0v) is 14.6. The van der Waals surface area contributed by atoms with Crippen LogP contribution < -0.4 is 5.32 Å². The largest absolute Gasteiger partial charge is 0.351 e. The Hall–Kier alpha value is -1.95. The molecular weight excluding hydrogens is 292 g/mol. The highest BCUT2D eigenvalue weighted by Gasteiger charge is 2.17. The van der Waals surface area contributed by atoms with Gasteiger partial charge in [0.1, 0.15) is 5.69 Å². The Bertz CT molecular complexity index is 511. The third-order valence-electron chi connectivity index (χ3n) is 3.36. The van der Waals surface area contributed by atoms with E-state index in [4.69, 9.17) is 0 Å². The molecule has 0 saturated carbocycles. The van der Waals surface area contributed by atoms with E-state index in [0.717, 1.165) is 19.4 Å². The fourth-order valence-electron chi connectivity index (χ4n) is 2.20. The van der Waals surface area contributed by atoms with E-state index in [1.807, 2.05) is 32.8 Å². The molecule has 0 bridgehead atoms. The summed E-state index contributed by atoms with van der Waals surface area (Å²) in [6, 6.07) is 3.21. The second kappa shape index (κ2) is 9.94. The molecule has 0 aliphatic rings. The molecule has 0 unspecified atom stereocenters. The van der Waals surface area contributed by atoms with Crippen LogP contribution in [0.5, 0.6) is 0 Å². The highest BCUT2D eigenvalue weighted by molar-refractivity contribution is 5.98. The highest BCUT2D eigenvalue weighted by Crippen LogP contribution is 2.07. The molecule has 6 nitrogen and oxygen atoms in total. The Kier molecular flexibility index (Phi) is 8.26. The third kappa shape index (κ3) is 6.36. The molecule has 0 spiro atoms. The van der Waals surface area contributed by atoms with Crippen LogP contribution in [0.3, 0.4) is 0 Å². The van der Waals surface area contributed by atoms with Gasteiger partial charge in [0.2, 0.25) is 0 Å². The average molecular weight is 320 g/mol. The number of hydrogen-bond acceptors (Lipinski definition) is 4. The number of pyridine rings is 1. The molecule has 1 N–H and O–H groups in total. The van der Waals surface area contributed by atoms with E-state index in [1.165, 1.54) is 6.20 Å². The van der Waals surface area contributed by atoms with Gasteiger partial charge >= 0.3 is 0 Å². The Morgan fingerprint density at radius 3 is 2.35 bits per heavy atom. The lowest BCUT2D eigenvalue weighted by Crippen LogP contribution is -2.34. The maximum Gasteiger partial charge on any atom is 0.272 e. The molecule has 6 heteroatoms. The van der Waals surface area contributed by atoms with E-state index >= 15 is 0 Å². The van der Waals surface area contributed by atoms with Crippen molar-refractivity contribution >= 4 is 11.8 Å². The Labute approximate surface area is 138 Å². The molecule has 2 amide bonds. The minimum Gasteiger partial charge on any atom is -0.351 e. The molecule has 1 heterocycles. The molecule has 128 valence electrons. The first kappa shape index (κ1) is 19.1. The molecule has 0 radical (unpaired) electrons. The van der Waals surface area contributed by atoms with Gasteiger partial charge in [-0.3, -0.25) is 14.6 Å². The van der Waals surface area contributed by atoms with E-state index in [-0.39, 0.29) is 11.8 Å². The van der Waals surface area contributed by atoms with E-state index in [0.29, 0.717) is 30.9 Å². The predicted molar refractivity (Wildman–Crippen MR) is 91.6 cm³/mol. The zero-order chi connectivity index (χ0) is 17.2. The quantitative estimate of drug-likeness (QED) is 0.751. The highest BCUT2D eigenvalue weighted by atomic mass is 16.2. The number of nitrogens with one attached hydrogen (secondary N) is 1. The second-order valence-electron chi connectivity index (χ2n) is 5.78. The lowest BCUT2D eigenvalue weighted by Gasteiger charge is -2.21. The second-order valence-corrected chi connectivity index (χ2v) is 5.78. The van der Waals surface area contributed by atoms with Crippen LogP contribution in [0.2, 0.25) is 0 Å². The van der Waals surface area contributed by atoms with Gasteiger partial charge in [-0.1, -0.05) is 13.8 Å². The van der Waals surface area contributed by atoms with E-state index in [9.17, 15) is 9.59 Å². The van der Waals surface area contributed by atoms with E-state index in [2.05, 4.69) is 10.3 Å². The summed E-state index contributed by atoms with van der Waals surface area (Å²) in [5.74, 6) is -0.294. The van der Waals surface area contributed by atoms with Crippen molar-refractivity contribution in [1.29, 1.82) is 0 Å². The van der Waals surface area contributed by atoms with Gasteiger partial charge in [-0.25, -0.2) is 0 Å². The Morgan fingerprint density at radius 2 is 1.78 bits per heavy atom. The SMILES string of the molecule is CCCN(CCC)C(=O)c1cc(C(=O)NCCN(C)C)ccn1. The van der Waals surface area contributed by atoms with E-state index < -0.39 is 0 Å². The number of amides is 2. The first-order valence-corrected chi connectivity index (χ1v) is 8.17. The summed E-state index contributed by atoms with van der Waals surface area (Å²) < 4.78 is 0. The molecule has 0 aliphatic carbocycles. The topological polar surface area (TPSA) is 65.5 Å². The molecule has 1 aromatic heterocycles. The van der Waals surface area contributed by atoms with Crippen LogP contribution in [0.25, 0.3) is 0 Å². The number of hydrogen-bond donors (Lipinski definition) is 1. The third-order valence-corrected chi connectivity index (χ3v) is 3.36. The van der Waals surface area contributed by atoms with Crippen LogP contribution in [0.1, 0.15) is 47.5 Å². The lowest BCUT2D eigenvalue weighted by atomic mass is 10.2. The summed E-state index contributed by atoms with van der Waals surface area (Å²) >= 11 is 0. The smallest absolute Gasteiger partial charge is 0.272 e. The van der Waals surface area contributed by atoms with Gasteiger partial charge in [-0.2, -0.15) is 0 Å². The van der Waals surface area contributed by atoms with Gasteiger partial charge in [0.25, 0.3) is 11.8 Å². The zero-order valence-electron chi connectivity index (χ0n) is 14.6. The van der Waals surface area contributed by atoms with Crippen molar-refractivity contribution in [2.75, 3.05) is 40.3 Å². The number of carbonyl (C=O) groups is 2. The van der Waals surface area contributed by atoms with Crippen molar-refractivity contribution in [3.8, 4) is 0 Å². The molecule has 0 saturated heterocycles. The van der Waals surface area contributed by atoms with Crippen molar-refractivity contribution in [3.63, 3.8) is 0 Å². The van der Waals surface area contributed by atoms with Crippen LogP contribution in [-0.2, 0) is 0 Å². The van der Waals surface area contributed by atoms with Crippen LogP contribution in [-0.4, -0.2) is 66.9 Å². The first-order chi connectivity index (χ1) is 11.0. The van der Waals surface area contributed by atoms with Gasteiger partial charge in [0.15, 0.2) is 0 Å². The lowest BCUT2D eigenvalue weighted by molar-refractivity contribution is 0.0749. The van der Waals surface area contributed by atoms with Gasteiger partial charge in [-0.15, -0.1) is 0 Å². The Morgan fingerprint density at radius 1 is 1.13 bits per heavy atom. The maximum atomic E-state index is 12.5. The number of nitrogens with zero attached hydrogens (tertiary/aromatic N) is 3. The number of aromatic nitrogens is 1. The van der Waals surface area contributed by atoms with Crippen molar-refractivity contribution in [3.05, 3.63) is 29.6 Å². The van der Waals surface area contributed by atoms with Crippen molar-refractivity contribution in [2.45, 2.75) is 26.7 Å². The van der Waals surface area contributed by atoms with E-state index in [1.54, 1.807) is 17.0 Å². The van der Waals surface area contributed by atoms with Crippen LogP contribution in [0.15, 0.2) is 18.3 Å². The summed E-state index contributed by atoms with van der Waals surface area (Å²) in [6.45, 7) is 6.82. The van der Waals surface area contributed by atoms with Gasteiger partial charge < -0.3 is 15.1 Å². The molecule has 23 heavy (non-hydrogen) atoms. The molecule has 0 atom stereocenters. The van der Waals surface area contributed by atoms with Gasteiger partial charge in [-0.05, 0) is 39.1 Å². The molecular formula is C17H28N4O2. The summed E-state index contributed by atoms with van der Waals surface area (Å²) in [7, 11) is 3.90. The minimum absolute atomic E-state index is 0.114. The van der Waals surface area contributed by atoms with Crippen molar-refractivity contribution in [2.24, 2.45) is 0 Å². The fraction of sp³-hybridized carbons (Fsp3) is 0.588. The maximum absolute atomic E-state index is 12.5. The standard InChI is InChI=1S/C17H28N4O2/c1-5-10-21(11-6-2)17(23)15-13-14(7-8-18-15)16(22)19-9-12-20(3)4/h7-8,13H,5-6,9-12H2,1-4H3,(H,19,22). The van der Waals surface area contributed by atoms with Crippen LogP contribution in [0, 0.1) is 0 Å². The Balaban J connectivity index is 2.78. The minimum atomic E-state index is -0.180. The predicted octanol–water partition coefficient (Wildman–Crippen LogP) is 1.64. The number of likely N-dealkylation sites (N-methyl/N-ethyl adjacent to an activating group) is 1. The normalized spacial score (nSPS) is 10.7.